The van der Waals surface area contributed by atoms with Gasteiger partial charge in [-0.05, 0) is 13.0 Å². The van der Waals surface area contributed by atoms with E-state index >= 15 is 0 Å². The number of rotatable bonds is 4. The van der Waals surface area contributed by atoms with Gasteiger partial charge in [0.1, 0.15) is 11.5 Å². The first kappa shape index (κ1) is 14.9. The molecule has 0 radical (unpaired) electrons. The summed E-state index contributed by atoms with van der Waals surface area (Å²) in [6.45, 7) is 2.05. The van der Waals surface area contributed by atoms with Crippen LogP contribution in [-0.4, -0.2) is 26.1 Å². The fraction of sp³-hybridized carbons (Fsp3) is 0.118. The molecule has 23 heavy (non-hydrogen) atoms. The summed E-state index contributed by atoms with van der Waals surface area (Å²) < 4.78 is 15.3. The highest BCUT2D eigenvalue weighted by atomic mass is 19.1. The highest BCUT2D eigenvalue weighted by Crippen LogP contribution is 2.24. The third-order valence-corrected chi connectivity index (χ3v) is 3.54. The molecule has 5 nitrogen and oxygen atoms in total. The predicted octanol–water partition coefficient (Wildman–Crippen LogP) is 3.14. The number of carboxylic acids is 1. The molecule has 0 aliphatic heterocycles. The Morgan fingerprint density at radius 1 is 1.17 bits per heavy atom. The van der Waals surface area contributed by atoms with E-state index in [0.29, 0.717) is 16.8 Å². The minimum Gasteiger partial charge on any atom is -0.476 e. The van der Waals surface area contributed by atoms with E-state index in [0.717, 1.165) is 5.56 Å². The molecule has 6 heteroatoms. The lowest BCUT2D eigenvalue weighted by atomic mass is 10.1. The molecule has 0 aliphatic carbocycles. The quantitative estimate of drug-likeness (QED) is 0.803. The number of carbonyl (C=O) groups is 1. The Kier molecular flexibility index (Phi) is 3.89. The van der Waals surface area contributed by atoms with Crippen LogP contribution in [0, 0.1) is 12.7 Å². The summed E-state index contributed by atoms with van der Waals surface area (Å²) in [5.41, 5.74) is 2.36. The van der Waals surface area contributed by atoms with Gasteiger partial charge in [-0.3, -0.25) is 0 Å². The van der Waals surface area contributed by atoms with Crippen LogP contribution >= 0.6 is 0 Å². The second-order valence-corrected chi connectivity index (χ2v) is 5.21. The Morgan fingerprint density at radius 2 is 1.87 bits per heavy atom. The van der Waals surface area contributed by atoms with E-state index < -0.39 is 5.97 Å². The highest BCUT2D eigenvalue weighted by molar-refractivity contribution is 5.92. The van der Waals surface area contributed by atoms with Gasteiger partial charge in [0.15, 0.2) is 5.69 Å². The SMILES string of the molecule is Cc1ccc(-c2c(C(=O)O)nnn2Cc2ccccc2F)cc1. The van der Waals surface area contributed by atoms with Gasteiger partial charge in [0.25, 0.3) is 0 Å². The van der Waals surface area contributed by atoms with Crippen LogP contribution in [0.5, 0.6) is 0 Å². The Bertz CT molecular complexity index is 857. The standard InChI is InChI=1S/C17H14FN3O2/c1-11-6-8-12(9-7-11)16-15(17(22)23)19-20-21(16)10-13-4-2-3-5-14(13)18/h2-9H,10H2,1H3,(H,22,23). The van der Waals surface area contributed by atoms with Crippen LogP contribution in [0.2, 0.25) is 0 Å². The van der Waals surface area contributed by atoms with Crippen LogP contribution in [0.3, 0.4) is 0 Å². The van der Waals surface area contributed by atoms with Crippen molar-refractivity contribution in [3.05, 3.63) is 71.2 Å². The van der Waals surface area contributed by atoms with Crippen molar-refractivity contribution in [3.8, 4) is 11.3 Å². The molecule has 0 amide bonds. The summed E-state index contributed by atoms with van der Waals surface area (Å²) in [7, 11) is 0. The summed E-state index contributed by atoms with van der Waals surface area (Å²) in [5, 5.41) is 16.9. The Labute approximate surface area is 132 Å². The lowest BCUT2D eigenvalue weighted by molar-refractivity contribution is 0.0691. The largest absolute Gasteiger partial charge is 0.476 e. The minimum absolute atomic E-state index is 0.107. The molecule has 0 bridgehead atoms. The fourth-order valence-electron chi connectivity index (χ4n) is 2.35. The van der Waals surface area contributed by atoms with Crippen molar-refractivity contribution in [3.63, 3.8) is 0 Å². The molecule has 1 aromatic heterocycles. The summed E-state index contributed by atoms with van der Waals surface area (Å²) >= 11 is 0. The molecular formula is C17H14FN3O2. The monoisotopic (exact) mass is 311 g/mol. The zero-order chi connectivity index (χ0) is 16.4. The average molecular weight is 311 g/mol. The van der Waals surface area contributed by atoms with E-state index in [4.69, 9.17) is 0 Å². The molecule has 116 valence electrons. The molecule has 2 aromatic carbocycles. The Hall–Kier alpha value is -3.02. The Balaban J connectivity index is 2.09. The zero-order valence-corrected chi connectivity index (χ0v) is 12.4. The number of carboxylic acid groups (broad SMARTS) is 1. The number of benzene rings is 2. The van der Waals surface area contributed by atoms with E-state index in [9.17, 15) is 14.3 Å². The highest BCUT2D eigenvalue weighted by Gasteiger charge is 2.21. The molecule has 1 heterocycles. The molecule has 0 atom stereocenters. The van der Waals surface area contributed by atoms with Crippen LogP contribution in [-0.2, 0) is 6.54 Å². The number of halogens is 1. The number of aryl methyl sites for hydroxylation is 1. The van der Waals surface area contributed by atoms with Crippen molar-refractivity contribution in [2.45, 2.75) is 13.5 Å². The molecule has 0 saturated heterocycles. The average Bonchev–Trinajstić information content (AvgIpc) is 2.94. The van der Waals surface area contributed by atoms with Crippen molar-refractivity contribution >= 4 is 5.97 Å². The lowest BCUT2D eigenvalue weighted by Gasteiger charge is -2.08. The van der Waals surface area contributed by atoms with Gasteiger partial charge >= 0.3 is 5.97 Å². The number of aromatic carboxylic acids is 1. The van der Waals surface area contributed by atoms with E-state index in [1.165, 1.54) is 10.7 Å². The summed E-state index contributed by atoms with van der Waals surface area (Å²) in [6, 6.07) is 13.7. The topological polar surface area (TPSA) is 68.0 Å². The van der Waals surface area contributed by atoms with Gasteiger partial charge in [0, 0.05) is 11.1 Å². The van der Waals surface area contributed by atoms with Gasteiger partial charge in [-0.2, -0.15) is 0 Å². The van der Waals surface area contributed by atoms with Gasteiger partial charge in [-0.1, -0.05) is 53.2 Å². The minimum atomic E-state index is -1.17. The zero-order valence-electron chi connectivity index (χ0n) is 12.4. The number of aromatic nitrogens is 3. The van der Waals surface area contributed by atoms with E-state index in [2.05, 4.69) is 10.3 Å². The molecule has 0 fully saturated rings. The molecule has 0 saturated carbocycles. The molecule has 3 aromatic rings. The molecule has 3 rings (SSSR count). The van der Waals surface area contributed by atoms with E-state index in [-0.39, 0.29) is 18.1 Å². The molecule has 0 spiro atoms. The normalized spacial score (nSPS) is 10.7. The van der Waals surface area contributed by atoms with E-state index in [1.807, 2.05) is 19.1 Å². The molecule has 1 N–H and O–H groups in total. The predicted molar refractivity (Wildman–Crippen MR) is 82.7 cm³/mol. The van der Waals surface area contributed by atoms with Crippen molar-refractivity contribution in [2.75, 3.05) is 0 Å². The first-order chi connectivity index (χ1) is 11.1. The molecule has 0 unspecified atom stereocenters. The van der Waals surface area contributed by atoms with Gasteiger partial charge in [0.05, 0.1) is 6.54 Å². The fourth-order valence-corrected chi connectivity index (χ4v) is 2.35. The first-order valence-electron chi connectivity index (χ1n) is 7.03. The van der Waals surface area contributed by atoms with Gasteiger partial charge < -0.3 is 5.11 Å². The van der Waals surface area contributed by atoms with Crippen LogP contribution < -0.4 is 0 Å². The summed E-state index contributed by atoms with van der Waals surface area (Å²) in [5.74, 6) is -1.53. The summed E-state index contributed by atoms with van der Waals surface area (Å²) in [4.78, 5) is 11.4. The molecule has 0 aliphatic rings. The van der Waals surface area contributed by atoms with Crippen molar-refractivity contribution in [2.24, 2.45) is 0 Å². The lowest BCUT2D eigenvalue weighted by Crippen LogP contribution is -2.07. The number of nitrogens with zero attached hydrogens (tertiary/aromatic N) is 3. The number of hydrogen-bond acceptors (Lipinski definition) is 3. The van der Waals surface area contributed by atoms with Gasteiger partial charge in [0.2, 0.25) is 0 Å². The third-order valence-electron chi connectivity index (χ3n) is 3.54. The first-order valence-corrected chi connectivity index (χ1v) is 7.03. The summed E-state index contributed by atoms with van der Waals surface area (Å²) in [6.07, 6.45) is 0. The maximum atomic E-state index is 13.8. The molecular weight excluding hydrogens is 297 g/mol. The van der Waals surface area contributed by atoms with Crippen molar-refractivity contribution in [1.82, 2.24) is 15.0 Å². The van der Waals surface area contributed by atoms with Crippen LogP contribution in [0.25, 0.3) is 11.3 Å². The van der Waals surface area contributed by atoms with Gasteiger partial charge in [-0.15, -0.1) is 5.10 Å². The van der Waals surface area contributed by atoms with E-state index in [1.54, 1.807) is 30.3 Å². The number of hydrogen-bond donors (Lipinski definition) is 1. The second kappa shape index (κ2) is 6.00. The maximum absolute atomic E-state index is 13.8. The van der Waals surface area contributed by atoms with Gasteiger partial charge in [-0.25, -0.2) is 13.9 Å². The third kappa shape index (κ3) is 2.96. The van der Waals surface area contributed by atoms with Crippen LogP contribution in [0.4, 0.5) is 4.39 Å². The van der Waals surface area contributed by atoms with Crippen LogP contribution in [0.1, 0.15) is 21.6 Å². The van der Waals surface area contributed by atoms with Crippen molar-refractivity contribution in [1.29, 1.82) is 0 Å². The second-order valence-electron chi connectivity index (χ2n) is 5.21. The Morgan fingerprint density at radius 3 is 2.52 bits per heavy atom. The smallest absolute Gasteiger partial charge is 0.358 e. The van der Waals surface area contributed by atoms with Crippen molar-refractivity contribution < 1.29 is 14.3 Å². The van der Waals surface area contributed by atoms with Crippen LogP contribution in [0.15, 0.2) is 48.5 Å². The maximum Gasteiger partial charge on any atom is 0.358 e.